The number of carbonyl (C=O) groups excluding carboxylic acids is 1. The molecule has 2 aromatic carbocycles. The fourth-order valence-electron chi connectivity index (χ4n) is 5.56. The van der Waals surface area contributed by atoms with Gasteiger partial charge in [-0.2, -0.15) is 0 Å². The highest BCUT2D eigenvalue weighted by Crippen LogP contribution is 2.49. The summed E-state index contributed by atoms with van der Waals surface area (Å²) in [6, 6.07) is 20.7. The van der Waals surface area contributed by atoms with Crippen LogP contribution in [0.2, 0.25) is 0 Å². The molecule has 1 atom stereocenters. The van der Waals surface area contributed by atoms with Crippen molar-refractivity contribution in [2.24, 2.45) is 5.41 Å². The van der Waals surface area contributed by atoms with Crippen molar-refractivity contribution in [1.29, 1.82) is 0 Å². The topological polar surface area (TPSA) is 62.5 Å². The maximum atomic E-state index is 12.9. The SMILES string of the molecule is Cc1nnc(C2CN(CCc3ccccc3)CC23CCN(C(=O)Cc2ccccc2)CC3)o1. The van der Waals surface area contributed by atoms with E-state index in [2.05, 4.69) is 45.4 Å². The molecule has 0 N–H and O–H groups in total. The molecule has 1 amide bonds. The molecule has 6 heteroatoms. The van der Waals surface area contributed by atoms with Crippen LogP contribution in [0.5, 0.6) is 0 Å². The molecular formula is C27H32N4O2. The van der Waals surface area contributed by atoms with Crippen molar-refractivity contribution < 1.29 is 9.21 Å². The van der Waals surface area contributed by atoms with Crippen LogP contribution in [0.4, 0.5) is 0 Å². The maximum Gasteiger partial charge on any atom is 0.226 e. The molecule has 1 spiro atoms. The third kappa shape index (κ3) is 4.86. The number of piperidine rings is 1. The van der Waals surface area contributed by atoms with Gasteiger partial charge in [-0.3, -0.25) is 4.79 Å². The minimum Gasteiger partial charge on any atom is -0.425 e. The molecule has 0 bridgehead atoms. The number of carbonyl (C=O) groups is 1. The highest BCUT2D eigenvalue weighted by Gasteiger charge is 2.51. The molecule has 2 aliphatic heterocycles. The highest BCUT2D eigenvalue weighted by atomic mass is 16.4. The van der Waals surface area contributed by atoms with Crippen molar-refractivity contribution in [2.75, 3.05) is 32.7 Å². The Morgan fingerprint density at radius 2 is 1.67 bits per heavy atom. The van der Waals surface area contributed by atoms with Crippen molar-refractivity contribution in [3.05, 3.63) is 83.6 Å². The Morgan fingerprint density at radius 1 is 1.00 bits per heavy atom. The zero-order chi connectivity index (χ0) is 22.7. The first-order valence-corrected chi connectivity index (χ1v) is 12.0. The van der Waals surface area contributed by atoms with E-state index in [0.717, 1.165) is 63.4 Å². The van der Waals surface area contributed by atoms with Crippen LogP contribution in [0.15, 0.2) is 65.1 Å². The predicted molar refractivity (Wildman–Crippen MR) is 127 cm³/mol. The number of hydrogen-bond acceptors (Lipinski definition) is 5. The van der Waals surface area contributed by atoms with Crippen LogP contribution in [0.25, 0.3) is 0 Å². The number of amides is 1. The fourth-order valence-corrected chi connectivity index (χ4v) is 5.56. The first kappa shape index (κ1) is 21.8. The molecule has 2 saturated heterocycles. The second-order valence-corrected chi connectivity index (χ2v) is 9.59. The van der Waals surface area contributed by atoms with E-state index in [1.165, 1.54) is 5.56 Å². The molecule has 1 aromatic heterocycles. The summed E-state index contributed by atoms with van der Waals surface area (Å²) in [4.78, 5) is 17.5. The van der Waals surface area contributed by atoms with Gasteiger partial charge < -0.3 is 14.2 Å². The predicted octanol–water partition coefficient (Wildman–Crippen LogP) is 3.87. The van der Waals surface area contributed by atoms with Gasteiger partial charge in [0.25, 0.3) is 0 Å². The molecule has 1 unspecified atom stereocenters. The molecule has 172 valence electrons. The molecule has 3 heterocycles. The van der Waals surface area contributed by atoms with Gasteiger partial charge in [-0.25, -0.2) is 0 Å². The summed E-state index contributed by atoms with van der Waals surface area (Å²) >= 11 is 0. The van der Waals surface area contributed by atoms with Gasteiger partial charge in [0.05, 0.1) is 12.3 Å². The Labute approximate surface area is 195 Å². The summed E-state index contributed by atoms with van der Waals surface area (Å²) in [6.45, 7) is 6.42. The van der Waals surface area contributed by atoms with Gasteiger partial charge in [0.2, 0.25) is 17.7 Å². The summed E-state index contributed by atoms with van der Waals surface area (Å²) in [5.41, 5.74) is 2.53. The van der Waals surface area contributed by atoms with Gasteiger partial charge in [-0.15, -0.1) is 10.2 Å². The first-order chi connectivity index (χ1) is 16.1. The lowest BCUT2D eigenvalue weighted by atomic mass is 9.70. The van der Waals surface area contributed by atoms with Crippen LogP contribution in [0.3, 0.4) is 0 Å². The first-order valence-electron chi connectivity index (χ1n) is 12.0. The van der Waals surface area contributed by atoms with Crippen LogP contribution < -0.4 is 0 Å². The Morgan fingerprint density at radius 3 is 2.30 bits per heavy atom. The largest absolute Gasteiger partial charge is 0.425 e. The number of aromatic nitrogens is 2. The Hall–Kier alpha value is -2.99. The summed E-state index contributed by atoms with van der Waals surface area (Å²) in [7, 11) is 0. The van der Waals surface area contributed by atoms with E-state index in [1.54, 1.807) is 0 Å². The highest BCUT2D eigenvalue weighted by molar-refractivity contribution is 5.78. The molecule has 5 rings (SSSR count). The Balaban J connectivity index is 1.27. The second-order valence-electron chi connectivity index (χ2n) is 9.59. The third-order valence-electron chi connectivity index (χ3n) is 7.43. The molecule has 3 aromatic rings. The van der Waals surface area contributed by atoms with Crippen molar-refractivity contribution in [1.82, 2.24) is 20.0 Å². The van der Waals surface area contributed by atoms with Gasteiger partial charge in [-0.05, 0) is 35.8 Å². The van der Waals surface area contributed by atoms with Gasteiger partial charge in [-0.1, -0.05) is 60.7 Å². The zero-order valence-electron chi connectivity index (χ0n) is 19.3. The zero-order valence-corrected chi connectivity index (χ0v) is 19.3. The molecular weight excluding hydrogens is 412 g/mol. The quantitative estimate of drug-likeness (QED) is 0.578. The van der Waals surface area contributed by atoms with E-state index < -0.39 is 0 Å². The molecule has 0 radical (unpaired) electrons. The van der Waals surface area contributed by atoms with Crippen LogP contribution in [-0.4, -0.2) is 58.6 Å². The molecule has 2 aliphatic rings. The average molecular weight is 445 g/mol. The second kappa shape index (κ2) is 9.48. The molecule has 0 aliphatic carbocycles. The number of rotatable bonds is 6. The van der Waals surface area contributed by atoms with E-state index >= 15 is 0 Å². The Bertz CT molecular complexity index is 1060. The Kier molecular flexibility index (Phi) is 6.27. The lowest BCUT2D eigenvalue weighted by Crippen LogP contribution is -2.46. The minimum atomic E-state index is 0.0825. The van der Waals surface area contributed by atoms with Crippen LogP contribution in [0, 0.1) is 12.3 Å². The van der Waals surface area contributed by atoms with E-state index in [9.17, 15) is 4.79 Å². The van der Waals surface area contributed by atoms with E-state index in [4.69, 9.17) is 4.42 Å². The van der Waals surface area contributed by atoms with Crippen molar-refractivity contribution in [2.45, 2.75) is 38.5 Å². The summed E-state index contributed by atoms with van der Waals surface area (Å²) in [5, 5.41) is 8.53. The molecule has 6 nitrogen and oxygen atoms in total. The lowest BCUT2D eigenvalue weighted by molar-refractivity contribution is -0.132. The normalized spacial score (nSPS) is 20.4. The van der Waals surface area contributed by atoms with Crippen LogP contribution >= 0.6 is 0 Å². The lowest BCUT2D eigenvalue weighted by Gasteiger charge is -2.42. The van der Waals surface area contributed by atoms with Crippen molar-refractivity contribution >= 4 is 5.91 Å². The summed E-state index contributed by atoms with van der Waals surface area (Å²) < 4.78 is 5.93. The van der Waals surface area contributed by atoms with Gasteiger partial charge >= 0.3 is 0 Å². The maximum absolute atomic E-state index is 12.9. The molecule has 33 heavy (non-hydrogen) atoms. The minimum absolute atomic E-state index is 0.0825. The monoisotopic (exact) mass is 444 g/mol. The number of aryl methyl sites for hydroxylation is 1. The van der Waals surface area contributed by atoms with E-state index in [0.29, 0.717) is 12.3 Å². The van der Waals surface area contributed by atoms with Gasteiger partial charge in [0, 0.05) is 39.6 Å². The van der Waals surface area contributed by atoms with E-state index in [1.807, 2.05) is 42.2 Å². The standard InChI is InChI=1S/C27H32N4O2/c1-21-28-29-26(33-21)24-19-30(15-12-22-8-4-2-5-9-22)20-27(24)13-16-31(17-14-27)25(32)18-23-10-6-3-7-11-23/h2-11,24H,12-20H2,1H3. The smallest absolute Gasteiger partial charge is 0.226 e. The number of likely N-dealkylation sites (tertiary alicyclic amines) is 2. The van der Waals surface area contributed by atoms with Crippen LogP contribution in [0.1, 0.15) is 41.7 Å². The number of nitrogens with zero attached hydrogens (tertiary/aromatic N) is 4. The summed E-state index contributed by atoms with van der Waals surface area (Å²) in [6.07, 6.45) is 3.46. The van der Waals surface area contributed by atoms with Gasteiger partial charge in [0.1, 0.15) is 0 Å². The van der Waals surface area contributed by atoms with Gasteiger partial charge in [0.15, 0.2) is 0 Å². The molecule has 0 saturated carbocycles. The van der Waals surface area contributed by atoms with Crippen LogP contribution in [-0.2, 0) is 17.6 Å². The van der Waals surface area contributed by atoms with Crippen molar-refractivity contribution in [3.8, 4) is 0 Å². The number of hydrogen-bond donors (Lipinski definition) is 0. The molecule has 2 fully saturated rings. The number of benzene rings is 2. The van der Waals surface area contributed by atoms with Crippen molar-refractivity contribution in [3.63, 3.8) is 0 Å². The van der Waals surface area contributed by atoms with E-state index in [-0.39, 0.29) is 17.2 Å². The third-order valence-corrected chi connectivity index (χ3v) is 7.43. The summed E-state index contributed by atoms with van der Waals surface area (Å²) in [5.74, 6) is 1.83. The average Bonchev–Trinajstić information content (AvgIpc) is 3.43. The fraction of sp³-hybridized carbons (Fsp3) is 0.444.